The minimum atomic E-state index is -0.875. The summed E-state index contributed by atoms with van der Waals surface area (Å²) in [5, 5.41) is 8.68. The van der Waals surface area contributed by atoms with Crippen molar-refractivity contribution in [2.75, 3.05) is 27.4 Å². The Morgan fingerprint density at radius 1 is 1.24 bits per heavy atom. The van der Waals surface area contributed by atoms with Crippen LogP contribution in [0, 0.1) is 0 Å². The van der Waals surface area contributed by atoms with Crippen LogP contribution in [0.4, 0.5) is 0 Å². The van der Waals surface area contributed by atoms with Gasteiger partial charge in [0.1, 0.15) is 6.61 Å². The number of benzene rings is 1. The molecule has 5 heteroatoms. The lowest BCUT2D eigenvalue weighted by Gasteiger charge is -2.11. The molecule has 0 amide bonds. The fraction of sp³-hybridized carbons (Fsp3) is 0.417. The van der Waals surface area contributed by atoms with Crippen LogP contribution in [0.5, 0.6) is 11.5 Å². The molecule has 17 heavy (non-hydrogen) atoms. The Morgan fingerprint density at radius 2 is 2.00 bits per heavy atom. The van der Waals surface area contributed by atoms with Crippen molar-refractivity contribution in [2.24, 2.45) is 0 Å². The van der Waals surface area contributed by atoms with Crippen molar-refractivity contribution in [3.63, 3.8) is 0 Å². The average molecular weight is 240 g/mol. The first-order valence-electron chi connectivity index (χ1n) is 5.17. The number of carboxylic acids is 1. The standard InChI is InChI=1S/C12H16O5/c1-15-5-6-17-10-4-3-9(8-12(13)14)7-11(10)16-2/h3-4,7H,5-6,8H2,1-2H3,(H,13,14). The van der Waals surface area contributed by atoms with E-state index in [9.17, 15) is 4.79 Å². The molecule has 0 saturated heterocycles. The number of carbonyl (C=O) groups is 1. The van der Waals surface area contributed by atoms with Gasteiger partial charge in [-0.25, -0.2) is 0 Å². The summed E-state index contributed by atoms with van der Waals surface area (Å²) in [6.07, 6.45) is -0.0330. The van der Waals surface area contributed by atoms with Crippen LogP contribution in [0.15, 0.2) is 18.2 Å². The van der Waals surface area contributed by atoms with Gasteiger partial charge in [0.15, 0.2) is 11.5 Å². The summed E-state index contributed by atoms with van der Waals surface area (Å²) < 4.78 is 15.4. The Morgan fingerprint density at radius 3 is 2.59 bits per heavy atom. The van der Waals surface area contributed by atoms with Gasteiger partial charge in [0.05, 0.1) is 20.1 Å². The van der Waals surface area contributed by atoms with Gasteiger partial charge in [-0.05, 0) is 17.7 Å². The van der Waals surface area contributed by atoms with Crippen molar-refractivity contribution in [2.45, 2.75) is 6.42 Å². The Bertz CT molecular complexity index is 375. The van der Waals surface area contributed by atoms with Gasteiger partial charge in [0, 0.05) is 7.11 Å². The predicted molar refractivity (Wildman–Crippen MR) is 61.7 cm³/mol. The molecule has 1 N–H and O–H groups in total. The molecule has 0 atom stereocenters. The summed E-state index contributed by atoms with van der Waals surface area (Å²) in [5.41, 5.74) is 0.674. The summed E-state index contributed by atoms with van der Waals surface area (Å²) >= 11 is 0. The smallest absolute Gasteiger partial charge is 0.307 e. The molecule has 94 valence electrons. The third kappa shape index (κ3) is 4.32. The van der Waals surface area contributed by atoms with Crippen molar-refractivity contribution < 1.29 is 24.1 Å². The number of rotatable bonds is 7. The Labute approximate surface area is 99.9 Å². The molecular weight excluding hydrogens is 224 g/mol. The number of aliphatic carboxylic acids is 1. The highest BCUT2D eigenvalue weighted by Gasteiger charge is 2.07. The Kier molecular flexibility index (Phi) is 5.29. The molecular formula is C12H16O5. The van der Waals surface area contributed by atoms with Crippen LogP contribution >= 0.6 is 0 Å². The van der Waals surface area contributed by atoms with E-state index in [0.717, 1.165) is 0 Å². The Hall–Kier alpha value is -1.75. The molecule has 0 aliphatic rings. The van der Waals surface area contributed by atoms with Gasteiger partial charge in [0.2, 0.25) is 0 Å². The second kappa shape index (κ2) is 6.75. The molecule has 0 aliphatic carbocycles. The zero-order valence-electron chi connectivity index (χ0n) is 9.93. The van der Waals surface area contributed by atoms with Crippen LogP contribution in [-0.4, -0.2) is 38.5 Å². The van der Waals surface area contributed by atoms with E-state index in [1.54, 1.807) is 25.3 Å². The second-order valence-corrected chi connectivity index (χ2v) is 3.40. The van der Waals surface area contributed by atoms with Gasteiger partial charge in [-0.15, -0.1) is 0 Å². The lowest BCUT2D eigenvalue weighted by Crippen LogP contribution is -2.06. The molecule has 0 bridgehead atoms. The van der Waals surface area contributed by atoms with E-state index in [0.29, 0.717) is 30.3 Å². The summed E-state index contributed by atoms with van der Waals surface area (Å²) in [6.45, 7) is 0.908. The molecule has 0 spiro atoms. The van der Waals surface area contributed by atoms with Crippen molar-refractivity contribution in [1.82, 2.24) is 0 Å². The molecule has 0 aliphatic heterocycles. The van der Waals surface area contributed by atoms with E-state index in [4.69, 9.17) is 19.3 Å². The van der Waals surface area contributed by atoms with Crippen molar-refractivity contribution >= 4 is 5.97 Å². The largest absolute Gasteiger partial charge is 0.493 e. The highest BCUT2D eigenvalue weighted by molar-refractivity contribution is 5.70. The first-order chi connectivity index (χ1) is 8.17. The van der Waals surface area contributed by atoms with E-state index in [-0.39, 0.29) is 6.42 Å². The molecule has 0 unspecified atom stereocenters. The molecule has 0 saturated carbocycles. The number of hydrogen-bond acceptors (Lipinski definition) is 4. The zero-order valence-corrected chi connectivity index (χ0v) is 9.93. The van der Waals surface area contributed by atoms with Gasteiger partial charge >= 0.3 is 5.97 Å². The highest BCUT2D eigenvalue weighted by atomic mass is 16.5. The minimum Gasteiger partial charge on any atom is -0.493 e. The highest BCUT2D eigenvalue weighted by Crippen LogP contribution is 2.28. The third-order valence-electron chi connectivity index (χ3n) is 2.13. The summed E-state index contributed by atoms with van der Waals surface area (Å²) in [5.74, 6) is 0.235. The van der Waals surface area contributed by atoms with Gasteiger partial charge in [-0.1, -0.05) is 6.07 Å². The van der Waals surface area contributed by atoms with E-state index in [1.807, 2.05) is 0 Å². The maximum atomic E-state index is 10.6. The summed E-state index contributed by atoms with van der Waals surface area (Å²) in [6, 6.07) is 5.07. The molecule has 0 radical (unpaired) electrons. The first-order valence-corrected chi connectivity index (χ1v) is 5.17. The fourth-order valence-electron chi connectivity index (χ4n) is 1.35. The number of methoxy groups -OCH3 is 2. The number of ether oxygens (including phenoxy) is 3. The van der Waals surface area contributed by atoms with Crippen LogP contribution in [0.3, 0.4) is 0 Å². The van der Waals surface area contributed by atoms with Crippen molar-refractivity contribution in [3.8, 4) is 11.5 Å². The normalized spacial score (nSPS) is 10.0. The van der Waals surface area contributed by atoms with E-state index in [1.165, 1.54) is 7.11 Å². The lowest BCUT2D eigenvalue weighted by atomic mass is 10.1. The maximum absolute atomic E-state index is 10.6. The monoisotopic (exact) mass is 240 g/mol. The van der Waals surface area contributed by atoms with Crippen LogP contribution in [-0.2, 0) is 16.0 Å². The zero-order chi connectivity index (χ0) is 12.7. The fourth-order valence-corrected chi connectivity index (χ4v) is 1.35. The number of hydrogen-bond donors (Lipinski definition) is 1. The second-order valence-electron chi connectivity index (χ2n) is 3.40. The molecule has 1 aromatic rings. The maximum Gasteiger partial charge on any atom is 0.307 e. The van der Waals surface area contributed by atoms with Gasteiger partial charge in [-0.2, -0.15) is 0 Å². The predicted octanol–water partition coefficient (Wildman–Crippen LogP) is 1.35. The molecule has 0 heterocycles. The quantitative estimate of drug-likeness (QED) is 0.729. The van der Waals surface area contributed by atoms with Crippen LogP contribution in [0.25, 0.3) is 0 Å². The minimum absolute atomic E-state index is 0.0330. The van der Waals surface area contributed by atoms with Crippen LogP contribution < -0.4 is 9.47 Å². The van der Waals surface area contributed by atoms with Crippen molar-refractivity contribution in [3.05, 3.63) is 23.8 Å². The molecule has 0 fully saturated rings. The van der Waals surface area contributed by atoms with Gasteiger partial charge in [-0.3, -0.25) is 4.79 Å². The summed E-state index contributed by atoms with van der Waals surface area (Å²) in [7, 11) is 3.11. The SMILES string of the molecule is COCCOc1ccc(CC(=O)O)cc1OC. The van der Waals surface area contributed by atoms with Gasteiger partial charge in [0.25, 0.3) is 0 Å². The number of carboxylic acid groups (broad SMARTS) is 1. The molecule has 1 aromatic carbocycles. The van der Waals surface area contributed by atoms with E-state index < -0.39 is 5.97 Å². The van der Waals surface area contributed by atoms with Crippen LogP contribution in [0.1, 0.15) is 5.56 Å². The van der Waals surface area contributed by atoms with Gasteiger partial charge < -0.3 is 19.3 Å². The van der Waals surface area contributed by atoms with E-state index >= 15 is 0 Å². The lowest BCUT2D eigenvalue weighted by molar-refractivity contribution is -0.136. The van der Waals surface area contributed by atoms with Crippen LogP contribution in [0.2, 0.25) is 0 Å². The summed E-state index contributed by atoms with van der Waals surface area (Å²) in [4.78, 5) is 10.6. The average Bonchev–Trinajstić information content (AvgIpc) is 2.30. The first kappa shape index (κ1) is 13.3. The van der Waals surface area contributed by atoms with E-state index in [2.05, 4.69) is 0 Å². The third-order valence-corrected chi connectivity index (χ3v) is 2.13. The molecule has 0 aromatic heterocycles. The van der Waals surface area contributed by atoms with Crippen molar-refractivity contribution in [1.29, 1.82) is 0 Å². The Balaban J connectivity index is 2.74. The topological polar surface area (TPSA) is 65.0 Å². The molecule has 1 rings (SSSR count). The molecule has 5 nitrogen and oxygen atoms in total.